The highest BCUT2D eigenvalue weighted by Crippen LogP contribution is 2.59. The van der Waals surface area contributed by atoms with Gasteiger partial charge in [-0.2, -0.15) is 18.4 Å². The SMILES string of the molecule is Br.N#Cc1cc(Br)c(NC(=O)C(F)(F)F)c(C[P+](c2ccccc2)(c2ccccc2)c2ccccc2)c1. The van der Waals surface area contributed by atoms with Crippen LogP contribution in [0.4, 0.5) is 18.9 Å². The van der Waals surface area contributed by atoms with Crippen molar-refractivity contribution < 1.29 is 18.0 Å². The third-order valence-corrected chi connectivity index (χ3v) is 10.8. The second kappa shape index (κ2) is 12.0. The molecule has 3 nitrogen and oxygen atoms in total. The van der Waals surface area contributed by atoms with Crippen LogP contribution in [0.3, 0.4) is 0 Å². The van der Waals surface area contributed by atoms with Gasteiger partial charge in [0.15, 0.2) is 0 Å². The van der Waals surface area contributed by atoms with E-state index in [1.807, 2.05) is 96.3 Å². The Kier molecular flexibility index (Phi) is 9.31. The quantitative estimate of drug-likeness (QED) is 0.232. The number of nitrogens with one attached hydrogen (secondary N) is 1. The minimum Gasteiger partial charge on any atom is -0.317 e. The Morgan fingerprint density at radius 2 is 1.27 bits per heavy atom. The highest BCUT2D eigenvalue weighted by atomic mass is 79.9. The van der Waals surface area contributed by atoms with Crippen molar-refractivity contribution in [1.82, 2.24) is 0 Å². The molecule has 0 aliphatic carbocycles. The van der Waals surface area contributed by atoms with E-state index >= 15 is 0 Å². The maximum Gasteiger partial charge on any atom is 0.471 e. The zero-order valence-electron chi connectivity index (χ0n) is 19.2. The molecule has 0 aliphatic heterocycles. The Labute approximate surface area is 232 Å². The van der Waals surface area contributed by atoms with Crippen LogP contribution in [0.15, 0.2) is 108 Å². The average molecular weight is 649 g/mol. The van der Waals surface area contributed by atoms with Crippen molar-refractivity contribution in [3.8, 4) is 6.07 Å². The number of carbonyl (C=O) groups excluding carboxylic acids is 1. The molecule has 0 aromatic heterocycles. The number of hydrogen-bond donors (Lipinski definition) is 1. The van der Waals surface area contributed by atoms with Crippen LogP contribution in [-0.4, -0.2) is 12.1 Å². The molecule has 0 spiro atoms. The summed E-state index contributed by atoms with van der Waals surface area (Å²) in [5.74, 6) is -2.07. The molecule has 0 atom stereocenters. The predicted molar refractivity (Wildman–Crippen MR) is 153 cm³/mol. The number of anilines is 1. The second-order valence-corrected chi connectivity index (χ2v) is 12.4. The van der Waals surface area contributed by atoms with Gasteiger partial charge in [0.05, 0.1) is 17.3 Å². The number of nitriles is 1. The topological polar surface area (TPSA) is 52.9 Å². The maximum absolute atomic E-state index is 13.2. The number of carbonyl (C=O) groups is 1. The standard InChI is InChI=1S/C28H19BrF3N2OP.BrH/c29-25-17-20(18-33)16-21(26(25)34-27(35)28(30,31)32)19-36(22-10-4-1-5-11-22,23-12-6-2-7-13-23)24-14-8-3-9-15-24;/h1-17H,19H2;1H/p+1. The lowest BCUT2D eigenvalue weighted by molar-refractivity contribution is -0.167. The summed E-state index contributed by atoms with van der Waals surface area (Å²) in [7, 11) is -2.50. The van der Waals surface area contributed by atoms with Gasteiger partial charge < -0.3 is 5.32 Å². The molecule has 0 unspecified atom stereocenters. The first-order chi connectivity index (χ1) is 17.3. The Bertz CT molecular complexity index is 1310. The summed E-state index contributed by atoms with van der Waals surface area (Å²) in [6, 6.07) is 34.5. The van der Waals surface area contributed by atoms with Crippen LogP contribution in [0, 0.1) is 11.3 Å². The number of amides is 1. The Balaban J connectivity index is 0.00000380. The van der Waals surface area contributed by atoms with Gasteiger partial charge in [0.2, 0.25) is 0 Å². The van der Waals surface area contributed by atoms with Crippen molar-refractivity contribution >= 4 is 67.7 Å². The van der Waals surface area contributed by atoms with Crippen LogP contribution in [0.1, 0.15) is 11.1 Å². The maximum atomic E-state index is 13.2. The van der Waals surface area contributed by atoms with Gasteiger partial charge in [0.1, 0.15) is 29.3 Å². The minimum absolute atomic E-state index is 0. The number of nitrogens with zero attached hydrogens (tertiary/aromatic N) is 1. The lowest BCUT2D eigenvalue weighted by Crippen LogP contribution is -2.33. The van der Waals surface area contributed by atoms with E-state index < -0.39 is 19.3 Å². The third-order valence-electron chi connectivity index (χ3n) is 5.80. The second-order valence-electron chi connectivity index (χ2n) is 8.03. The van der Waals surface area contributed by atoms with E-state index in [2.05, 4.69) is 22.0 Å². The summed E-state index contributed by atoms with van der Waals surface area (Å²) < 4.78 is 39.8. The molecule has 0 aliphatic rings. The molecule has 4 rings (SSSR count). The fourth-order valence-corrected chi connectivity index (χ4v) is 9.05. The van der Waals surface area contributed by atoms with E-state index in [4.69, 9.17) is 0 Å². The highest BCUT2D eigenvalue weighted by molar-refractivity contribution is 9.10. The van der Waals surface area contributed by atoms with Crippen LogP contribution >= 0.6 is 40.2 Å². The fourth-order valence-electron chi connectivity index (χ4n) is 4.20. The third kappa shape index (κ3) is 6.13. The van der Waals surface area contributed by atoms with Gasteiger partial charge in [-0.25, -0.2) is 0 Å². The van der Waals surface area contributed by atoms with E-state index in [-0.39, 0.29) is 38.9 Å². The molecule has 0 fully saturated rings. The van der Waals surface area contributed by atoms with Crippen LogP contribution in [0.2, 0.25) is 0 Å². The number of halogens is 5. The zero-order chi connectivity index (χ0) is 25.8. The molecule has 9 heteroatoms. The lowest BCUT2D eigenvalue weighted by Gasteiger charge is -2.29. The molecule has 4 aromatic carbocycles. The summed E-state index contributed by atoms with van der Waals surface area (Å²) >= 11 is 3.29. The van der Waals surface area contributed by atoms with Crippen molar-refractivity contribution in [2.24, 2.45) is 0 Å². The molecule has 0 bridgehead atoms. The molecule has 0 saturated heterocycles. The number of hydrogen-bond acceptors (Lipinski definition) is 2. The van der Waals surface area contributed by atoms with E-state index in [0.29, 0.717) is 5.56 Å². The van der Waals surface area contributed by atoms with Crippen LogP contribution in [0.5, 0.6) is 0 Å². The molecule has 0 saturated carbocycles. The van der Waals surface area contributed by atoms with E-state index in [1.54, 1.807) is 6.07 Å². The van der Waals surface area contributed by atoms with Crippen molar-refractivity contribution in [3.05, 3.63) is 119 Å². The van der Waals surface area contributed by atoms with Crippen LogP contribution in [0.25, 0.3) is 0 Å². The Morgan fingerprint density at radius 1 is 0.838 bits per heavy atom. The fraction of sp³-hybridized carbons (Fsp3) is 0.0714. The first-order valence-electron chi connectivity index (χ1n) is 10.9. The van der Waals surface area contributed by atoms with E-state index in [0.717, 1.165) is 15.9 Å². The predicted octanol–water partition coefficient (Wildman–Crippen LogP) is 6.89. The average Bonchev–Trinajstić information content (AvgIpc) is 2.89. The van der Waals surface area contributed by atoms with Crippen molar-refractivity contribution in [3.63, 3.8) is 0 Å². The lowest BCUT2D eigenvalue weighted by atomic mass is 10.1. The van der Waals surface area contributed by atoms with Crippen LogP contribution in [-0.2, 0) is 11.0 Å². The Hall–Kier alpha value is -2.98. The molecule has 0 heterocycles. The molecule has 188 valence electrons. The summed E-state index contributed by atoms with van der Waals surface area (Å²) in [6.45, 7) is 0. The normalized spacial score (nSPS) is 11.2. The number of alkyl halides is 3. The number of benzene rings is 4. The summed E-state index contributed by atoms with van der Waals surface area (Å²) in [6.07, 6.45) is -4.78. The summed E-state index contributed by atoms with van der Waals surface area (Å²) in [4.78, 5) is 12.0. The first kappa shape index (κ1) is 28.6. The van der Waals surface area contributed by atoms with Crippen LogP contribution < -0.4 is 21.2 Å². The van der Waals surface area contributed by atoms with Crippen molar-refractivity contribution in [2.45, 2.75) is 12.3 Å². The molecule has 1 amide bonds. The van der Waals surface area contributed by atoms with Gasteiger partial charge in [0, 0.05) is 10.0 Å². The monoisotopic (exact) mass is 647 g/mol. The largest absolute Gasteiger partial charge is 0.471 e. The summed E-state index contributed by atoms with van der Waals surface area (Å²) in [5, 5.41) is 14.7. The van der Waals surface area contributed by atoms with Gasteiger partial charge in [-0.1, -0.05) is 54.6 Å². The van der Waals surface area contributed by atoms with E-state index in [1.165, 1.54) is 6.07 Å². The molecule has 1 N–H and O–H groups in total. The van der Waals surface area contributed by atoms with Gasteiger partial charge >= 0.3 is 12.1 Å². The van der Waals surface area contributed by atoms with Gasteiger partial charge in [-0.15, -0.1) is 17.0 Å². The number of rotatable bonds is 6. The molecular formula is C28H21Br2F3N2OP+. The van der Waals surface area contributed by atoms with Gasteiger partial charge in [0.25, 0.3) is 0 Å². The molecular weight excluding hydrogens is 628 g/mol. The van der Waals surface area contributed by atoms with E-state index in [9.17, 15) is 23.2 Å². The first-order valence-corrected chi connectivity index (χ1v) is 13.7. The van der Waals surface area contributed by atoms with Crippen molar-refractivity contribution in [2.75, 3.05) is 5.32 Å². The highest BCUT2D eigenvalue weighted by Gasteiger charge is 2.46. The molecule has 4 aromatic rings. The van der Waals surface area contributed by atoms with Gasteiger partial charge in [-0.3, -0.25) is 4.79 Å². The molecule has 37 heavy (non-hydrogen) atoms. The summed E-state index contributed by atoms with van der Waals surface area (Å²) in [5.41, 5.74) is 0.709. The smallest absolute Gasteiger partial charge is 0.317 e. The van der Waals surface area contributed by atoms with Gasteiger partial charge in [-0.05, 0) is 64.5 Å². The Morgan fingerprint density at radius 3 is 1.65 bits per heavy atom. The minimum atomic E-state index is -5.06. The zero-order valence-corrected chi connectivity index (χ0v) is 23.4. The van der Waals surface area contributed by atoms with Crippen molar-refractivity contribution in [1.29, 1.82) is 5.26 Å². The molecule has 0 radical (unpaired) electrons.